The quantitative estimate of drug-likeness (QED) is 0.398. The molecule has 1 aromatic heterocycles. The van der Waals surface area contributed by atoms with Crippen LogP contribution in [0.2, 0.25) is 0 Å². The van der Waals surface area contributed by atoms with Crippen LogP contribution >= 0.6 is 23.1 Å². The average molecular weight is 427 g/mol. The number of rotatable bonds is 7. The molecule has 0 saturated carbocycles. The maximum Gasteiger partial charge on any atom is 0.237 e. The molecule has 1 unspecified atom stereocenters. The van der Waals surface area contributed by atoms with Crippen molar-refractivity contribution in [3.05, 3.63) is 59.2 Å². The van der Waals surface area contributed by atoms with Crippen molar-refractivity contribution in [1.82, 2.24) is 10.2 Å². The van der Waals surface area contributed by atoms with Crippen LogP contribution in [0.15, 0.2) is 46.8 Å². The number of nitrogens with one attached hydrogen (secondary N) is 2. The number of nitrogens with zero attached hydrogens (tertiary/aromatic N) is 2. The molecule has 0 radical (unpaired) electrons. The average Bonchev–Trinajstić information content (AvgIpc) is 3.12. The third-order valence-corrected chi connectivity index (χ3v) is 6.33. The van der Waals surface area contributed by atoms with Crippen LogP contribution in [0.5, 0.6) is 0 Å². The number of para-hydroxylation sites is 1. The lowest BCUT2D eigenvalue weighted by molar-refractivity contribution is -0.115. The van der Waals surface area contributed by atoms with E-state index in [1.807, 2.05) is 39.0 Å². The Hall–Kier alpha value is -2.71. The molecule has 1 amide bonds. The number of aryl methyl sites for hydroxylation is 2. The zero-order valence-corrected chi connectivity index (χ0v) is 18.3. The van der Waals surface area contributed by atoms with E-state index in [4.69, 9.17) is 0 Å². The molecule has 0 fully saturated rings. The number of carbonyl (C=O) groups is 2. The standard InChI is InChI=1S/C21H22N4O2S2/c1-12-7-5-8-13(2)18(12)23-20-24-25-21(29-20)28-15(4)19(27)22-17-10-6-9-16(11-17)14(3)26/h5-11,15H,1-4H3,(H,22,27)(H,23,24). The summed E-state index contributed by atoms with van der Waals surface area (Å²) in [5.74, 6) is -0.198. The summed E-state index contributed by atoms with van der Waals surface area (Å²) >= 11 is 2.76. The Balaban J connectivity index is 1.62. The zero-order valence-electron chi connectivity index (χ0n) is 16.6. The highest BCUT2D eigenvalue weighted by molar-refractivity contribution is 8.02. The molecule has 2 N–H and O–H groups in total. The summed E-state index contributed by atoms with van der Waals surface area (Å²) in [7, 11) is 0. The fraction of sp³-hybridized carbons (Fsp3) is 0.238. The van der Waals surface area contributed by atoms with Crippen LogP contribution in [0, 0.1) is 13.8 Å². The molecule has 1 heterocycles. The lowest BCUT2D eigenvalue weighted by atomic mass is 10.1. The van der Waals surface area contributed by atoms with Gasteiger partial charge in [0, 0.05) is 16.9 Å². The highest BCUT2D eigenvalue weighted by Gasteiger charge is 2.18. The minimum Gasteiger partial charge on any atom is -0.330 e. The van der Waals surface area contributed by atoms with Gasteiger partial charge in [0.25, 0.3) is 0 Å². The second-order valence-electron chi connectivity index (χ2n) is 6.65. The third kappa shape index (κ3) is 5.42. The van der Waals surface area contributed by atoms with E-state index >= 15 is 0 Å². The first-order chi connectivity index (χ1) is 13.8. The second-order valence-corrected chi connectivity index (χ2v) is 9.22. The van der Waals surface area contributed by atoms with E-state index in [-0.39, 0.29) is 16.9 Å². The Morgan fingerprint density at radius 2 is 1.76 bits per heavy atom. The van der Waals surface area contributed by atoms with Crippen molar-refractivity contribution in [2.45, 2.75) is 37.3 Å². The van der Waals surface area contributed by atoms with Crippen LogP contribution in [0.1, 0.15) is 35.3 Å². The highest BCUT2D eigenvalue weighted by Crippen LogP contribution is 2.32. The minimum atomic E-state index is -0.364. The summed E-state index contributed by atoms with van der Waals surface area (Å²) in [4.78, 5) is 24.0. The monoisotopic (exact) mass is 426 g/mol. The van der Waals surface area contributed by atoms with Gasteiger partial charge in [0.1, 0.15) is 0 Å². The molecular formula is C21H22N4O2S2. The van der Waals surface area contributed by atoms with Gasteiger partial charge in [0.05, 0.1) is 5.25 Å². The van der Waals surface area contributed by atoms with Crippen molar-refractivity contribution < 1.29 is 9.59 Å². The number of anilines is 3. The zero-order chi connectivity index (χ0) is 21.0. The van der Waals surface area contributed by atoms with Crippen LogP contribution < -0.4 is 10.6 Å². The lowest BCUT2D eigenvalue weighted by Gasteiger charge is -2.11. The first-order valence-electron chi connectivity index (χ1n) is 9.08. The van der Waals surface area contributed by atoms with Crippen LogP contribution in [0.25, 0.3) is 0 Å². The first-order valence-corrected chi connectivity index (χ1v) is 10.8. The number of amides is 1. The molecular weight excluding hydrogens is 404 g/mol. The van der Waals surface area contributed by atoms with Gasteiger partial charge in [0.2, 0.25) is 11.0 Å². The maximum absolute atomic E-state index is 12.5. The summed E-state index contributed by atoms with van der Waals surface area (Å²) in [6, 6.07) is 13.0. The van der Waals surface area contributed by atoms with Gasteiger partial charge in [-0.1, -0.05) is 53.4 Å². The van der Waals surface area contributed by atoms with E-state index < -0.39 is 0 Å². The molecule has 6 nitrogen and oxygen atoms in total. The van der Waals surface area contributed by atoms with E-state index in [2.05, 4.69) is 20.8 Å². The number of thioether (sulfide) groups is 1. The van der Waals surface area contributed by atoms with Gasteiger partial charge in [-0.3, -0.25) is 9.59 Å². The Labute approximate surface area is 178 Å². The van der Waals surface area contributed by atoms with Gasteiger partial charge in [-0.2, -0.15) is 0 Å². The Bertz CT molecular complexity index is 1030. The van der Waals surface area contributed by atoms with Gasteiger partial charge in [-0.15, -0.1) is 10.2 Å². The molecule has 0 aliphatic rings. The molecule has 29 heavy (non-hydrogen) atoms. The summed E-state index contributed by atoms with van der Waals surface area (Å²) < 4.78 is 0.707. The molecule has 8 heteroatoms. The smallest absolute Gasteiger partial charge is 0.237 e. The lowest BCUT2D eigenvalue weighted by Crippen LogP contribution is -2.22. The van der Waals surface area contributed by atoms with Crippen molar-refractivity contribution in [2.75, 3.05) is 10.6 Å². The Morgan fingerprint density at radius 1 is 1.07 bits per heavy atom. The topological polar surface area (TPSA) is 84.0 Å². The molecule has 150 valence electrons. The summed E-state index contributed by atoms with van der Waals surface area (Å²) in [6.45, 7) is 7.40. The molecule has 0 spiro atoms. The Kier molecular flexibility index (Phi) is 6.66. The normalized spacial score (nSPS) is 11.7. The number of Topliss-reactive ketones (excluding diaryl/α,β-unsaturated/α-hetero) is 1. The second kappa shape index (κ2) is 9.19. The number of ketones is 1. The predicted octanol–water partition coefficient (Wildman–Crippen LogP) is 5.22. The van der Waals surface area contributed by atoms with Crippen molar-refractivity contribution in [3.8, 4) is 0 Å². The van der Waals surface area contributed by atoms with E-state index in [9.17, 15) is 9.59 Å². The summed E-state index contributed by atoms with van der Waals surface area (Å²) in [6.07, 6.45) is 0. The first kappa shape index (κ1) is 21.0. The van der Waals surface area contributed by atoms with Gasteiger partial charge < -0.3 is 10.6 Å². The molecule has 2 aromatic carbocycles. The van der Waals surface area contributed by atoms with Crippen molar-refractivity contribution in [3.63, 3.8) is 0 Å². The largest absolute Gasteiger partial charge is 0.330 e. The van der Waals surface area contributed by atoms with Gasteiger partial charge in [0.15, 0.2) is 10.1 Å². The number of carbonyl (C=O) groups excluding carboxylic acids is 2. The van der Waals surface area contributed by atoms with Crippen LogP contribution in [-0.4, -0.2) is 27.1 Å². The Morgan fingerprint density at radius 3 is 2.45 bits per heavy atom. The van der Waals surface area contributed by atoms with Gasteiger partial charge in [-0.05, 0) is 51.0 Å². The summed E-state index contributed by atoms with van der Waals surface area (Å²) in [5, 5.41) is 14.9. The van der Waals surface area contributed by atoms with Crippen LogP contribution in [0.4, 0.5) is 16.5 Å². The van der Waals surface area contributed by atoms with Crippen molar-refractivity contribution in [1.29, 1.82) is 0 Å². The molecule has 0 aliphatic carbocycles. The fourth-order valence-electron chi connectivity index (χ4n) is 2.69. The van der Waals surface area contributed by atoms with E-state index in [0.717, 1.165) is 16.8 Å². The van der Waals surface area contributed by atoms with Gasteiger partial charge >= 0.3 is 0 Å². The molecule has 0 aliphatic heterocycles. The van der Waals surface area contributed by atoms with E-state index in [1.165, 1.54) is 30.0 Å². The van der Waals surface area contributed by atoms with Crippen LogP contribution in [0.3, 0.4) is 0 Å². The maximum atomic E-state index is 12.5. The third-order valence-electron chi connectivity index (χ3n) is 4.30. The van der Waals surface area contributed by atoms with Crippen molar-refractivity contribution >= 4 is 51.3 Å². The van der Waals surface area contributed by atoms with Crippen molar-refractivity contribution in [2.24, 2.45) is 0 Å². The fourth-order valence-corrected chi connectivity index (χ4v) is 4.59. The summed E-state index contributed by atoms with van der Waals surface area (Å²) in [5.41, 5.74) is 4.46. The molecule has 3 rings (SSSR count). The number of aromatic nitrogens is 2. The molecule has 0 saturated heterocycles. The van der Waals surface area contributed by atoms with E-state index in [1.54, 1.807) is 24.3 Å². The van der Waals surface area contributed by atoms with E-state index in [0.29, 0.717) is 20.7 Å². The molecule has 1 atom stereocenters. The number of hydrogen-bond acceptors (Lipinski definition) is 7. The SMILES string of the molecule is CC(=O)c1cccc(NC(=O)C(C)Sc2nnc(Nc3c(C)cccc3C)s2)c1. The number of benzene rings is 2. The van der Waals surface area contributed by atoms with Gasteiger partial charge in [-0.25, -0.2) is 0 Å². The minimum absolute atomic E-state index is 0.0405. The molecule has 3 aromatic rings. The molecule has 0 bridgehead atoms. The number of hydrogen-bond donors (Lipinski definition) is 2. The predicted molar refractivity (Wildman–Crippen MR) is 120 cm³/mol. The van der Waals surface area contributed by atoms with Crippen LogP contribution in [-0.2, 0) is 4.79 Å². The highest BCUT2D eigenvalue weighted by atomic mass is 32.2.